The Kier molecular flexibility index (Phi) is 7.80. The Labute approximate surface area is 134 Å². The Morgan fingerprint density at radius 2 is 1.05 bits per heavy atom. The van der Waals surface area contributed by atoms with E-state index in [1.807, 2.05) is 0 Å². The van der Waals surface area contributed by atoms with Crippen molar-refractivity contribution in [3.63, 3.8) is 0 Å². The number of ether oxygens (including phenoxy) is 4. The Morgan fingerprint density at radius 3 is 1.26 bits per heavy atom. The van der Waals surface area contributed by atoms with Gasteiger partial charge in [-0.05, 0) is 48.9 Å². The van der Waals surface area contributed by atoms with E-state index >= 15 is 0 Å². The van der Waals surface area contributed by atoms with Crippen LogP contribution in [0.3, 0.4) is 0 Å². The van der Waals surface area contributed by atoms with E-state index in [9.17, 15) is 0 Å². The Bertz CT molecular complexity index is 362. The van der Waals surface area contributed by atoms with E-state index in [0.717, 1.165) is 0 Å². The minimum atomic E-state index is -1.38. The third-order valence-corrected chi connectivity index (χ3v) is 2.03. The first kappa shape index (κ1) is 18.6. The molecule has 0 aromatic rings. The summed E-state index contributed by atoms with van der Waals surface area (Å²) >= 11 is 19.6. The second-order valence-corrected chi connectivity index (χ2v) is 6.05. The van der Waals surface area contributed by atoms with E-state index in [0.29, 0.717) is 0 Å². The SMILES string of the molecule is CC(=S)OC(OC(C)=S)C(C)(OC(C)=S)OC(C)=S. The largest absolute Gasteiger partial charge is 0.441 e. The first-order valence-corrected chi connectivity index (χ1v) is 6.93. The molecule has 0 spiro atoms. The van der Waals surface area contributed by atoms with E-state index in [2.05, 4.69) is 0 Å². The molecule has 0 amide bonds. The molecule has 0 radical (unpaired) electrons. The van der Waals surface area contributed by atoms with Gasteiger partial charge in [0.2, 0.25) is 0 Å². The zero-order valence-electron chi connectivity index (χ0n) is 11.3. The van der Waals surface area contributed by atoms with Crippen LogP contribution in [0.4, 0.5) is 0 Å². The molecular weight excluding hydrogens is 324 g/mol. The molecule has 0 aliphatic carbocycles. The van der Waals surface area contributed by atoms with Gasteiger partial charge in [-0.15, -0.1) is 0 Å². The lowest BCUT2D eigenvalue weighted by molar-refractivity contribution is -0.245. The highest BCUT2D eigenvalue weighted by Gasteiger charge is 2.44. The van der Waals surface area contributed by atoms with Gasteiger partial charge in [0.15, 0.2) is 20.2 Å². The fraction of sp³-hybridized carbons (Fsp3) is 0.636. The van der Waals surface area contributed by atoms with Crippen LogP contribution >= 0.6 is 48.9 Å². The molecular formula is C11H16O4S4. The van der Waals surface area contributed by atoms with Gasteiger partial charge in [-0.3, -0.25) is 0 Å². The molecule has 0 aromatic heterocycles. The smallest absolute Gasteiger partial charge is 0.324 e. The molecule has 0 unspecified atom stereocenters. The highest BCUT2D eigenvalue weighted by Crippen LogP contribution is 2.24. The van der Waals surface area contributed by atoms with Crippen molar-refractivity contribution in [2.75, 3.05) is 0 Å². The maximum absolute atomic E-state index is 5.47. The molecule has 8 heteroatoms. The minimum absolute atomic E-state index is 0.250. The molecule has 0 heterocycles. The fourth-order valence-electron chi connectivity index (χ4n) is 1.23. The van der Waals surface area contributed by atoms with Crippen LogP contribution in [0.2, 0.25) is 0 Å². The maximum Gasteiger partial charge on any atom is 0.324 e. The fourth-order valence-corrected chi connectivity index (χ4v) is 1.73. The van der Waals surface area contributed by atoms with Crippen LogP contribution in [0.25, 0.3) is 0 Å². The molecule has 0 aromatic carbocycles. The topological polar surface area (TPSA) is 36.9 Å². The number of rotatable bonds is 5. The van der Waals surface area contributed by atoms with Gasteiger partial charge in [-0.25, -0.2) is 0 Å². The summed E-state index contributed by atoms with van der Waals surface area (Å²) in [6.07, 6.45) is -1.02. The monoisotopic (exact) mass is 340 g/mol. The first-order chi connectivity index (χ1) is 8.56. The standard InChI is InChI=1S/C11H16O4S4/c1-6(16)12-10(13-7(2)17)11(5,14-8(3)18)15-9(4)19/h10H,1-5H3. The average molecular weight is 341 g/mol. The molecule has 0 bridgehead atoms. The quantitative estimate of drug-likeness (QED) is 0.556. The molecule has 19 heavy (non-hydrogen) atoms. The van der Waals surface area contributed by atoms with Gasteiger partial charge in [0.05, 0.1) is 0 Å². The molecule has 0 aliphatic heterocycles. The van der Waals surface area contributed by atoms with Crippen molar-refractivity contribution in [3.8, 4) is 0 Å². The first-order valence-electron chi connectivity index (χ1n) is 5.30. The van der Waals surface area contributed by atoms with Crippen molar-refractivity contribution in [3.05, 3.63) is 0 Å². The summed E-state index contributed by atoms with van der Waals surface area (Å²) in [5.74, 6) is -1.38. The van der Waals surface area contributed by atoms with Gasteiger partial charge >= 0.3 is 12.1 Å². The highest BCUT2D eigenvalue weighted by atomic mass is 32.1. The normalized spacial score (nSPS) is 10.6. The Hall–Kier alpha value is -0.440. The summed E-state index contributed by atoms with van der Waals surface area (Å²) < 4.78 is 21.7. The summed E-state index contributed by atoms with van der Waals surface area (Å²) in [6, 6.07) is 0. The lowest BCUT2D eigenvalue weighted by Crippen LogP contribution is -2.50. The molecule has 0 atom stereocenters. The molecule has 0 saturated heterocycles. The summed E-state index contributed by atoms with van der Waals surface area (Å²) in [6.45, 7) is 7.97. The third kappa shape index (κ3) is 7.66. The van der Waals surface area contributed by atoms with Gasteiger partial charge in [-0.2, -0.15) is 0 Å². The molecule has 4 nitrogen and oxygen atoms in total. The van der Waals surface area contributed by atoms with Gasteiger partial charge in [-0.1, -0.05) is 0 Å². The number of hydrogen-bond donors (Lipinski definition) is 0. The van der Waals surface area contributed by atoms with Gasteiger partial charge < -0.3 is 18.9 Å². The van der Waals surface area contributed by atoms with Crippen molar-refractivity contribution in [1.29, 1.82) is 0 Å². The van der Waals surface area contributed by atoms with E-state index < -0.39 is 12.1 Å². The molecule has 0 aliphatic rings. The van der Waals surface area contributed by atoms with Crippen molar-refractivity contribution in [1.82, 2.24) is 0 Å². The molecule has 0 rings (SSSR count). The van der Waals surface area contributed by atoms with Crippen LogP contribution in [-0.2, 0) is 18.9 Å². The van der Waals surface area contributed by atoms with Crippen LogP contribution < -0.4 is 0 Å². The molecule has 0 saturated carbocycles. The van der Waals surface area contributed by atoms with Crippen LogP contribution in [-0.4, -0.2) is 32.3 Å². The minimum Gasteiger partial charge on any atom is -0.441 e. The summed E-state index contributed by atoms with van der Waals surface area (Å²) in [4.78, 5) is 0. The second kappa shape index (κ2) is 7.98. The Morgan fingerprint density at radius 1 is 0.737 bits per heavy atom. The van der Waals surface area contributed by atoms with E-state index in [1.54, 1.807) is 34.6 Å². The lowest BCUT2D eigenvalue weighted by Gasteiger charge is -2.35. The predicted molar refractivity (Wildman–Crippen MR) is 89.6 cm³/mol. The van der Waals surface area contributed by atoms with E-state index in [1.165, 1.54) is 0 Å². The highest BCUT2D eigenvalue weighted by molar-refractivity contribution is 7.80. The van der Waals surface area contributed by atoms with Crippen LogP contribution in [0, 0.1) is 0 Å². The van der Waals surface area contributed by atoms with Gasteiger partial charge in [0.25, 0.3) is 0 Å². The van der Waals surface area contributed by atoms with Crippen molar-refractivity contribution >= 4 is 69.1 Å². The van der Waals surface area contributed by atoms with Crippen LogP contribution in [0.5, 0.6) is 0 Å². The molecule has 0 N–H and O–H groups in total. The zero-order chi connectivity index (χ0) is 15.2. The average Bonchev–Trinajstić information content (AvgIpc) is 2.11. The van der Waals surface area contributed by atoms with Gasteiger partial charge in [0, 0.05) is 34.6 Å². The summed E-state index contributed by atoms with van der Waals surface area (Å²) in [5.41, 5.74) is 0. The van der Waals surface area contributed by atoms with Crippen LogP contribution in [0.1, 0.15) is 34.6 Å². The second-order valence-electron chi connectivity index (χ2n) is 3.75. The maximum atomic E-state index is 5.47. The predicted octanol–water partition coefficient (Wildman–Crippen LogP) is 3.48. The Balaban J connectivity index is 5.30. The summed E-state index contributed by atoms with van der Waals surface area (Å²) in [5, 5.41) is 1.01. The van der Waals surface area contributed by atoms with Gasteiger partial charge in [0.1, 0.15) is 0 Å². The molecule has 0 fully saturated rings. The van der Waals surface area contributed by atoms with E-state index in [4.69, 9.17) is 67.8 Å². The zero-order valence-corrected chi connectivity index (χ0v) is 14.6. The van der Waals surface area contributed by atoms with Crippen molar-refractivity contribution in [2.45, 2.75) is 46.7 Å². The molecule has 108 valence electrons. The number of hydrogen-bond acceptors (Lipinski definition) is 8. The lowest BCUT2D eigenvalue weighted by atomic mass is 10.3. The third-order valence-electron chi connectivity index (χ3n) is 1.67. The van der Waals surface area contributed by atoms with Crippen molar-refractivity contribution in [2.24, 2.45) is 0 Å². The summed E-state index contributed by atoms with van der Waals surface area (Å²) in [7, 11) is 0. The van der Waals surface area contributed by atoms with E-state index in [-0.39, 0.29) is 20.2 Å². The van der Waals surface area contributed by atoms with Crippen molar-refractivity contribution < 1.29 is 18.9 Å². The number of thiocarbonyl (C=S) groups is 4. The van der Waals surface area contributed by atoms with Crippen LogP contribution in [0.15, 0.2) is 0 Å².